The number of hydrogen-bond acceptors (Lipinski definition) is 2. The van der Waals surface area contributed by atoms with E-state index < -0.39 is 7.22 Å². The molecule has 0 fully saturated rings. The Morgan fingerprint density at radius 2 is 1.94 bits per heavy atom. The Balaban J connectivity index is 3.63. The lowest BCUT2D eigenvalue weighted by Crippen LogP contribution is -2.20. The van der Waals surface area contributed by atoms with Gasteiger partial charge in [-0.2, -0.15) is 11.2 Å². The van der Waals surface area contributed by atoms with Crippen molar-refractivity contribution in [1.29, 1.82) is 0 Å². The third-order valence-electron chi connectivity index (χ3n) is 2.34. The largest absolute Gasteiger partial charge is 0.298 e. The Hall–Kier alpha value is 0.237. The summed E-state index contributed by atoms with van der Waals surface area (Å²) in [6.45, 7) is 12.9. The maximum absolute atomic E-state index is 4.44. The van der Waals surface area contributed by atoms with Crippen LogP contribution < -0.4 is 0 Å². The van der Waals surface area contributed by atoms with E-state index in [0.29, 0.717) is 0 Å². The zero-order valence-corrected chi connectivity index (χ0v) is 13.6. The minimum atomic E-state index is -0.944. The van der Waals surface area contributed by atoms with E-state index in [1.807, 2.05) is 0 Å². The molecule has 96 valence electrons. The summed E-state index contributed by atoms with van der Waals surface area (Å²) in [7, 11) is -0.944. The lowest BCUT2D eigenvalue weighted by molar-refractivity contribution is 0.692. The van der Waals surface area contributed by atoms with Crippen molar-refractivity contribution in [2.24, 2.45) is 4.99 Å². The monoisotopic (exact) mass is 259 g/mol. The summed E-state index contributed by atoms with van der Waals surface area (Å²) in [5, 5.41) is 0.869. The van der Waals surface area contributed by atoms with E-state index in [9.17, 15) is 0 Å². The zero-order valence-electron chi connectivity index (χ0n) is 11.8. The fourth-order valence-electron chi connectivity index (χ4n) is 1.57. The molecule has 0 heterocycles. The molecule has 1 nitrogen and oxygen atoms in total. The second-order valence-electron chi connectivity index (χ2n) is 5.28. The first-order chi connectivity index (χ1) is 7.49. The highest BCUT2D eigenvalue weighted by Crippen LogP contribution is 2.29. The van der Waals surface area contributed by atoms with Crippen molar-refractivity contribution >= 4 is 24.6 Å². The summed E-state index contributed by atoms with van der Waals surface area (Å²) in [6, 6.07) is 0. The second-order valence-corrected chi connectivity index (χ2v) is 14.8. The zero-order chi connectivity index (χ0) is 12.4. The molecule has 0 aliphatic heterocycles. The van der Waals surface area contributed by atoms with Crippen molar-refractivity contribution in [1.82, 2.24) is 0 Å². The Kier molecular flexibility index (Phi) is 9.42. The summed E-state index contributed by atoms with van der Waals surface area (Å²) in [6.07, 6.45) is 8.36. The van der Waals surface area contributed by atoms with Crippen molar-refractivity contribution in [3.05, 3.63) is 0 Å². The van der Waals surface area contributed by atoms with Crippen LogP contribution in [0.5, 0.6) is 0 Å². The van der Waals surface area contributed by atoms with Gasteiger partial charge in [0.05, 0.1) is 0 Å². The summed E-state index contributed by atoms with van der Waals surface area (Å²) < 4.78 is 0. The summed E-state index contributed by atoms with van der Waals surface area (Å²) >= 11 is 2.26. The Morgan fingerprint density at radius 1 is 1.25 bits per heavy atom. The van der Waals surface area contributed by atoms with Crippen molar-refractivity contribution in [3.8, 4) is 0 Å². The average molecular weight is 260 g/mol. The third-order valence-corrected chi connectivity index (χ3v) is 7.07. The number of aliphatic imine (C=N–C) groups is 1. The van der Waals surface area contributed by atoms with Crippen LogP contribution in [0.1, 0.15) is 46.0 Å². The van der Waals surface area contributed by atoms with Crippen LogP contribution in [0.3, 0.4) is 0 Å². The summed E-state index contributed by atoms with van der Waals surface area (Å²) in [4.78, 5) is 4.44. The SMILES string of the molecule is CCCC=NCCCC(CC)S[Si](C)(C)C. The Bertz CT molecular complexity index is 187. The molecule has 0 aliphatic carbocycles. The molecule has 0 saturated carbocycles. The molecule has 1 atom stereocenters. The Labute approximate surface area is 107 Å². The van der Waals surface area contributed by atoms with Crippen molar-refractivity contribution < 1.29 is 0 Å². The first-order valence-electron chi connectivity index (χ1n) is 6.65. The van der Waals surface area contributed by atoms with E-state index in [4.69, 9.17) is 0 Å². The van der Waals surface area contributed by atoms with Gasteiger partial charge in [-0.05, 0) is 37.1 Å². The predicted octanol–water partition coefficient (Wildman–Crippen LogP) is 4.98. The van der Waals surface area contributed by atoms with Crippen LogP contribution in [0.2, 0.25) is 19.6 Å². The van der Waals surface area contributed by atoms with Crippen LogP contribution in [0.25, 0.3) is 0 Å². The average Bonchev–Trinajstić information content (AvgIpc) is 2.19. The minimum absolute atomic E-state index is 0.869. The highest BCUT2D eigenvalue weighted by molar-refractivity contribution is 8.29. The third kappa shape index (κ3) is 10.7. The molecule has 0 rings (SSSR count). The molecular formula is C13H29NSSi. The molecular weight excluding hydrogens is 230 g/mol. The molecule has 0 radical (unpaired) electrons. The molecule has 0 spiro atoms. The molecule has 0 amide bonds. The van der Waals surface area contributed by atoms with E-state index >= 15 is 0 Å². The highest BCUT2D eigenvalue weighted by atomic mass is 32.4. The van der Waals surface area contributed by atoms with Crippen LogP contribution in [-0.2, 0) is 0 Å². The molecule has 0 aromatic carbocycles. The van der Waals surface area contributed by atoms with Crippen molar-refractivity contribution in [2.75, 3.05) is 6.54 Å². The number of unbranched alkanes of at least 4 members (excludes halogenated alkanes) is 1. The number of nitrogens with zero attached hydrogens (tertiary/aromatic N) is 1. The van der Waals surface area contributed by atoms with Gasteiger partial charge in [0.2, 0.25) is 0 Å². The van der Waals surface area contributed by atoms with Gasteiger partial charge in [-0.3, -0.25) is 4.99 Å². The quantitative estimate of drug-likeness (QED) is 0.323. The van der Waals surface area contributed by atoms with Gasteiger partial charge in [0, 0.05) is 6.54 Å². The van der Waals surface area contributed by atoms with E-state index in [2.05, 4.69) is 55.9 Å². The molecule has 0 bridgehead atoms. The molecule has 0 saturated heterocycles. The molecule has 0 aliphatic rings. The van der Waals surface area contributed by atoms with Crippen LogP contribution >= 0.6 is 11.2 Å². The lowest BCUT2D eigenvalue weighted by Gasteiger charge is -2.23. The van der Waals surface area contributed by atoms with Gasteiger partial charge in [-0.15, -0.1) is 0 Å². The lowest BCUT2D eigenvalue weighted by atomic mass is 10.2. The molecule has 0 aromatic heterocycles. The van der Waals surface area contributed by atoms with E-state index in [0.717, 1.165) is 18.2 Å². The minimum Gasteiger partial charge on any atom is -0.298 e. The van der Waals surface area contributed by atoms with E-state index in [1.54, 1.807) is 0 Å². The van der Waals surface area contributed by atoms with Crippen LogP contribution in [0.15, 0.2) is 4.99 Å². The molecule has 0 N–H and O–H groups in total. The highest BCUT2D eigenvalue weighted by Gasteiger charge is 2.19. The van der Waals surface area contributed by atoms with Gasteiger partial charge in [0.1, 0.15) is 7.22 Å². The van der Waals surface area contributed by atoms with Crippen LogP contribution in [-0.4, -0.2) is 25.2 Å². The molecule has 1 unspecified atom stereocenters. The number of hydrogen-bond donors (Lipinski definition) is 0. The normalized spacial score (nSPS) is 14.6. The maximum atomic E-state index is 4.44. The standard InChI is InChI=1S/C13H29NSSi/c1-6-8-11-14-12-9-10-13(7-2)15-16(3,4)5/h11,13H,6-10,12H2,1-5H3. The maximum Gasteiger partial charge on any atom is 0.108 e. The predicted molar refractivity (Wildman–Crippen MR) is 82.5 cm³/mol. The first-order valence-corrected chi connectivity index (χ1v) is 11.8. The summed E-state index contributed by atoms with van der Waals surface area (Å²) in [5.74, 6) is 0. The summed E-state index contributed by atoms with van der Waals surface area (Å²) in [5.41, 5.74) is 0. The molecule has 3 heteroatoms. The van der Waals surface area contributed by atoms with Gasteiger partial charge in [0.25, 0.3) is 0 Å². The topological polar surface area (TPSA) is 12.4 Å². The van der Waals surface area contributed by atoms with Crippen LogP contribution in [0.4, 0.5) is 0 Å². The van der Waals surface area contributed by atoms with Crippen LogP contribution in [0, 0.1) is 0 Å². The van der Waals surface area contributed by atoms with E-state index in [-0.39, 0.29) is 0 Å². The van der Waals surface area contributed by atoms with Crippen molar-refractivity contribution in [2.45, 2.75) is 70.8 Å². The Morgan fingerprint density at radius 3 is 2.44 bits per heavy atom. The van der Waals surface area contributed by atoms with Gasteiger partial charge in [0.15, 0.2) is 0 Å². The van der Waals surface area contributed by atoms with Gasteiger partial charge < -0.3 is 0 Å². The molecule has 0 aromatic rings. The fourth-order valence-corrected chi connectivity index (χ4v) is 6.87. The van der Waals surface area contributed by atoms with Gasteiger partial charge in [-0.1, -0.05) is 39.9 Å². The number of rotatable bonds is 9. The second kappa shape index (κ2) is 9.29. The fraction of sp³-hybridized carbons (Fsp3) is 0.923. The first kappa shape index (κ1) is 16.2. The molecule has 16 heavy (non-hydrogen) atoms. The van der Waals surface area contributed by atoms with Crippen molar-refractivity contribution in [3.63, 3.8) is 0 Å². The van der Waals surface area contributed by atoms with Gasteiger partial charge in [-0.25, -0.2) is 0 Å². The smallest absolute Gasteiger partial charge is 0.108 e. The van der Waals surface area contributed by atoms with Gasteiger partial charge >= 0.3 is 0 Å². The van der Waals surface area contributed by atoms with E-state index in [1.165, 1.54) is 25.7 Å².